The molecule has 2 rings (SSSR count). The molecule has 0 fully saturated rings. The van der Waals surface area contributed by atoms with E-state index in [1.54, 1.807) is 6.92 Å². The lowest BCUT2D eigenvalue weighted by Gasteiger charge is -2.11. The molecule has 0 bridgehead atoms. The van der Waals surface area contributed by atoms with Gasteiger partial charge in [-0.2, -0.15) is 13.2 Å². The predicted octanol–water partition coefficient (Wildman–Crippen LogP) is 3.73. The van der Waals surface area contributed by atoms with E-state index in [2.05, 4.69) is 15.3 Å². The summed E-state index contributed by atoms with van der Waals surface area (Å²) in [6.45, 7) is 2.12. The lowest BCUT2D eigenvalue weighted by molar-refractivity contribution is -0.141. The lowest BCUT2D eigenvalue weighted by atomic mass is 10.1. The van der Waals surface area contributed by atoms with Crippen LogP contribution in [0.3, 0.4) is 0 Å². The number of hydrogen-bond acceptors (Lipinski definition) is 3. The molecule has 1 aromatic heterocycles. The van der Waals surface area contributed by atoms with Crippen molar-refractivity contribution in [2.75, 3.05) is 11.9 Å². The van der Waals surface area contributed by atoms with Crippen molar-refractivity contribution in [1.29, 1.82) is 0 Å². The van der Waals surface area contributed by atoms with Crippen LogP contribution in [-0.2, 0) is 6.18 Å². The molecule has 20 heavy (non-hydrogen) atoms. The molecule has 0 atom stereocenters. The van der Waals surface area contributed by atoms with Crippen LogP contribution in [0.2, 0.25) is 0 Å². The minimum Gasteiger partial charge on any atom is -0.354 e. The molecule has 2 aromatic rings. The molecule has 0 saturated heterocycles. The maximum Gasteiger partial charge on any atom is 0.433 e. The van der Waals surface area contributed by atoms with Crippen LogP contribution < -0.4 is 5.32 Å². The highest BCUT2D eigenvalue weighted by atomic mass is 19.4. The fourth-order valence-electron chi connectivity index (χ4n) is 1.60. The van der Waals surface area contributed by atoms with E-state index in [1.807, 2.05) is 0 Å². The summed E-state index contributed by atoms with van der Waals surface area (Å²) in [5.74, 6) is -0.576. The average Bonchev–Trinajstić information content (AvgIpc) is 2.38. The van der Waals surface area contributed by atoms with Crippen molar-refractivity contribution in [3.63, 3.8) is 0 Å². The highest BCUT2D eigenvalue weighted by molar-refractivity contribution is 5.61. The first-order valence-electron chi connectivity index (χ1n) is 5.86. The highest BCUT2D eigenvalue weighted by Gasteiger charge is 2.33. The number of aromatic nitrogens is 2. The Hall–Kier alpha value is -2.18. The summed E-state index contributed by atoms with van der Waals surface area (Å²) in [7, 11) is 0. The Morgan fingerprint density at radius 1 is 1.10 bits per heavy atom. The zero-order chi connectivity index (χ0) is 14.8. The topological polar surface area (TPSA) is 37.8 Å². The highest BCUT2D eigenvalue weighted by Crippen LogP contribution is 2.31. The molecule has 1 aromatic carbocycles. The van der Waals surface area contributed by atoms with Crippen molar-refractivity contribution in [2.45, 2.75) is 13.1 Å². The third-order valence-corrected chi connectivity index (χ3v) is 2.49. The maximum absolute atomic E-state index is 12.8. The first kappa shape index (κ1) is 14.2. The van der Waals surface area contributed by atoms with Crippen LogP contribution in [0.25, 0.3) is 11.3 Å². The molecule has 0 saturated carbocycles. The summed E-state index contributed by atoms with van der Waals surface area (Å²) in [6, 6.07) is 5.91. The third kappa shape index (κ3) is 3.23. The van der Waals surface area contributed by atoms with E-state index in [9.17, 15) is 17.6 Å². The van der Waals surface area contributed by atoms with Gasteiger partial charge in [0.25, 0.3) is 0 Å². The first-order valence-corrected chi connectivity index (χ1v) is 5.86. The standard InChI is InChI=1S/C13H11F4N3/c1-2-18-12-19-10(7-11(20-12)13(15,16)17)8-3-5-9(14)6-4-8/h3-7H,2H2,1H3,(H,18,19,20). The number of alkyl halides is 3. The lowest BCUT2D eigenvalue weighted by Crippen LogP contribution is -2.12. The van der Waals surface area contributed by atoms with Gasteiger partial charge < -0.3 is 5.32 Å². The molecule has 1 N–H and O–H groups in total. The van der Waals surface area contributed by atoms with Gasteiger partial charge in [0.05, 0.1) is 5.69 Å². The Balaban J connectivity index is 2.51. The van der Waals surface area contributed by atoms with Crippen molar-refractivity contribution in [1.82, 2.24) is 9.97 Å². The van der Waals surface area contributed by atoms with Gasteiger partial charge in [-0.05, 0) is 37.3 Å². The first-order chi connectivity index (χ1) is 9.40. The summed E-state index contributed by atoms with van der Waals surface area (Å²) < 4.78 is 51.2. The van der Waals surface area contributed by atoms with Gasteiger partial charge in [-0.25, -0.2) is 14.4 Å². The van der Waals surface area contributed by atoms with E-state index in [4.69, 9.17) is 0 Å². The van der Waals surface area contributed by atoms with E-state index in [0.717, 1.165) is 18.2 Å². The largest absolute Gasteiger partial charge is 0.433 e. The number of nitrogens with zero attached hydrogens (tertiary/aromatic N) is 2. The van der Waals surface area contributed by atoms with E-state index < -0.39 is 17.7 Å². The minimum atomic E-state index is -4.57. The van der Waals surface area contributed by atoms with Gasteiger partial charge in [0, 0.05) is 12.1 Å². The van der Waals surface area contributed by atoms with Crippen LogP contribution in [0.5, 0.6) is 0 Å². The van der Waals surface area contributed by atoms with Crippen LogP contribution in [0, 0.1) is 5.82 Å². The smallest absolute Gasteiger partial charge is 0.354 e. The zero-order valence-electron chi connectivity index (χ0n) is 10.5. The second-order valence-corrected chi connectivity index (χ2v) is 4.00. The maximum atomic E-state index is 12.8. The zero-order valence-corrected chi connectivity index (χ0v) is 10.5. The second kappa shape index (κ2) is 5.44. The third-order valence-electron chi connectivity index (χ3n) is 2.49. The molecule has 0 amide bonds. The quantitative estimate of drug-likeness (QED) is 0.873. The van der Waals surface area contributed by atoms with Gasteiger partial charge in [-0.3, -0.25) is 0 Å². The van der Waals surface area contributed by atoms with Crippen LogP contribution >= 0.6 is 0 Å². The molecule has 106 valence electrons. The summed E-state index contributed by atoms with van der Waals surface area (Å²) in [6.07, 6.45) is -4.57. The summed E-state index contributed by atoms with van der Waals surface area (Å²) in [5.41, 5.74) is -0.565. The van der Waals surface area contributed by atoms with E-state index in [-0.39, 0.29) is 11.6 Å². The molecular weight excluding hydrogens is 274 g/mol. The van der Waals surface area contributed by atoms with Crippen LogP contribution in [-0.4, -0.2) is 16.5 Å². The van der Waals surface area contributed by atoms with Crippen LogP contribution in [0.4, 0.5) is 23.5 Å². The monoisotopic (exact) mass is 285 g/mol. The van der Waals surface area contributed by atoms with Crippen LogP contribution in [0.1, 0.15) is 12.6 Å². The number of nitrogens with one attached hydrogen (secondary N) is 1. The number of hydrogen-bond donors (Lipinski definition) is 1. The summed E-state index contributed by atoms with van der Waals surface area (Å²) in [4.78, 5) is 7.41. The van der Waals surface area contributed by atoms with Gasteiger partial charge >= 0.3 is 6.18 Å². The molecule has 0 aliphatic rings. The van der Waals surface area contributed by atoms with E-state index in [0.29, 0.717) is 12.1 Å². The number of anilines is 1. The molecule has 0 spiro atoms. The van der Waals surface area contributed by atoms with Gasteiger partial charge in [-0.15, -0.1) is 0 Å². The van der Waals surface area contributed by atoms with E-state index in [1.165, 1.54) is 12.1 Å². The molecule has 0 aliphatic carbocycles. The van der Waals surface area contributed by atoms with E-state index >= 15 is 0 Å². The van der Waals surface area contributed by atoms with Gasteiger partial charge in [0.15, 0.2) is 5.69 Å². The number of benzene rings is 1. The van der Waals surface area contributed by atoms with Crippen molar-refractivity contribution in [3.05, 3.63) is 41.8 Å². The van der Waals surface area contributed by atoms with Gasteiger partial charge in [0.1, 0.15) is 5.82 Å². The second-order valence-electron chi connectivity index (χ2n) is 4.00. The van der Waals surface area contributed by atoms with Gasteiger partial charge in [-0.1, -0.05) is 0 Å². The van der Waals surface area contributed by atoms with Crippen molar-refractivity contribution in [2.24, 2.45) is 0 Å². The average molecular weight is 285 g/mol. The molecule has 0 radical (unpaired) electrons. The van der Waals surface area contributed by atoms with Gasteiger partial charge in [0.2, 0.25) is 5.95 Å². The Morgan fingerprint density at radius 2 is 1.75 bits per heavy atom. The Morgan fingerprint density at radius 3 is 2.30 bits per heavy atom. The number of rotatable bonds is 3. The predicted molar refractivity (Wildman–Crippen MR) is 66.6 cm³/mol. The molecule has 1 heterocycles. The Kier molecular flexibility index (Phi) is 3.87. The van der Waals surface area contributed by atoms with Crippen molar-refractivity contribution in [3.8, 4) is 11.3 Å². The fourth-order valence-corrected chi connectivity index (χ4v) is 1.60. The Labute approximate surface area is 112 Å². The normalized spacial score (nSPS) is 11.4. The molecule has 0 aliphatic heterocycles. The Bertz CT molecular complexity index is 594. The van der Waals surface area contributed by atoms with Crippen molar-refractivity contribution < 1.29 is 17.6 Å². The molecule has 7 heteroatoms. The molecular formula is C13H11F4N3. The molecule has 0 unspecified atom stereocenters. The number of halogens is 4. The summed E-state index contributed by atoms with van der Waals surface area (Å²) >= 11 is 0. The minimum absolute atomic E-state index is 0.0864. The molecule has 3 nitrogen and oxygen atoms in total. The van der Waals surface area contributed by atoms with Crippen molar-refractivity contribution >= 4 is 5.95 Å². The SMILES string of the molecule is CCNc1nc(-c2ccc(F)cc2)cc(C(F)(F)F)n1. The summed E-state index contributed by atoms with van der Waals surface area (Å²) in [5, 5.41) is 2.65. The fraction of sp³-hybridized carbons (Fsp3) is 0.231. The van der Waals surface area contributed by atoms with Crippen LogP contribution in [0.15, 0.2) is 30.3 Å².